The lowest BCUT2D eigenvalue weighted by atomic mass is 9.97. The van der Waals surface area contributed by atoms with Gasteiger partial charge in [-0.1, -0.05) is 42.5 Å². The van der Waals surface area contributed by atoms with Crippen molar-refractivity contribution in [2.24, 2.45) is 0 Å². The summed E-state index contributed by atoms with van der Waals surface area (Å²) in [7, 11) is -0.745. The number of benzene rings is 3. The van der Waals surface area contributed by atoms with Gasteiger partial charge >= 0.3 is 15.8 Å². The van der Waals surface area contributed by atoms with Crippen LogP contribution in [0.25, 0.3) is 22.1 Å². The molecule has 0 unspecified atom stereocenters. The zero-order valence-electron chi connectivity index (χ0n) is 20.0. The molecular formula is C27H26N2O5S. The highest BCUT2D eigenvalue weighted by molar-refractivity contribution is 7.90. The van der Waals surface area contributed by atoms with Gasteiger partial charge in [-0.2, -0.15) is 12.7 Å². The molecule has 1 aromatic heterocycles. The minimum Gasteiger partial charge on any atom is -0.422 e. The number of anilines is 1. The van der Waals surface area contributed by atoms with Gasteiger partial charge in [-0.15, -0.1) is 0 Å². The molecular weight excluding hydrogens is 464 g/mol. The largest absolute Gasteiger partial charge is 0.422 e. The van der Waals surface area contributed by atoms with Gasteiger partial charge in [0.15, 0.2) is 5.78 Å². The van der Waals surface area contributed by atoms with E-state index in [-0.39, 0.29) is 5.78 Å². The van der Waals surface area contributed by atoms with E-state index >= 15 is 0 Å². The number of fused-ring (bicyclic) bond motifs is 1. The summed E-state index contributed by atoms with van der Waals surface area (Å²) in [5, 5.41) is 0.815. The Balaban J connectivity index is 1.69. The molecule has 3 aromatic carbocycles. The van der Waals surface area contributed by atoms with Gasteiger partial charge in [-0.25, -0.2) is 4.79 Å². The number of nitrogens with one attached hydrogen (secondary N) is 1. The van der Waals surface area contributed by atoms with E-state index < -0.39 is 15.8 Å². The summed E-state index contributed by atoms with van der Waals surface area (Å²) in [5.74, 6) is -0.0155. The first-order chi connectivity index (χ1) is 16.5. The molecule has 0 aliphatic rings. The summed E-state index contributed by atoms with van der Waals surface area (Å²) in [6.07, 6.45) is 0.296. The minimum absolute atomic E-state index is 0.0155. The lowest BCUT2D eigenvalue weighted by Crippen LogP contribution is -2.28. The fourth-order valence-corrected chi connectivity index (χ4v) is 4.49. The zero-order chi connectivity index (χ0) is 25.3. The highest BCUT2D eigenvalue weighted by Crippen LogP contribution is 2.28. The number of carbonyl (C=O) groups is 1. The van der Waals surface area contributed by atoms with Crippen LogP contribution in [0.4, 0.5) is 5.69 Å². The highest BCUT2D eigenvalue weighted by Gasteiger charge is 2.16. The average molecular weight is 491 g/mol. The molecule has 35 heavy (non-hydrogen) atoms. The van der Waals surface area contributed by atoms with Crippen LogP contribution in [0.1, 0.15) is 34.0 Å². The second kappa shape index (κ2) is 9.48. The number of nitrogens with zero attached hydrogens (tertiary/aromatic N) is 1. The van der Waals surface area contributed by atoms with E-state index in [1.807, 2.05) is 49.4 Å². The molecule has 4 aromatic rings. The van der Waals surface area contributed by atoms with Crippen LogP contribution in [-0.4, -0.2) is 32.6 Å². The molecule has 0 aliphatic heterocycles. The van der Waals surface area contributed by atoms with Crippen LogP contribution in [0.3, 0.4) is 0 Å². The number of hydrogen-bond donors (Lipinski definition) is 1. The van der Waals surface area contributed by atoms with E-state index in [0.717, 1.165) is 31.9 Å². The predicted octanol–water partition coefficient (Wildman–Crippen LogP) is 4.78. The average Bonchev–Trinajstić information content (AvgIpc) is 2.81. The molecule has 180 valence electrons. The first-order valence-electron chi connectivity index (χ1n) is 11.0. The molecule has 0 saturated heterocycles. The van der Waals surface area contributed by atoms with Crippen molar-refractivity contribution in [2.45, 2.75) is 20.3 Å². The van der Waals surface area contributed by atoms with Gasteiger partial charge < -0.3 is 4.42 Å². The third-order valence-electron chi connectivity index (χ3n) is 5.93. The van der Waals surface area contributed by atoms with Crippen molar-refractivity contribution in [3.63, 3.8) is 0 Å². The third-order valence-corrected chi connectivity index (χ3v) is 7.38. The molecule has 0 bridgehead atoms. The Kier molecular flexibility index (Phi) is 6.60. The Hall–Kier alpha value is -3.75. The highest BCUT2D eigenvalue weighted by atomic mass is 32.2. The lowest BCUT2D eigenvalue weighted by molar-refractivity contribution is 0.101. The number of hydrogen-bond acceptors (Lipinski definition) is 5. The van der Waals surface area contributed by atoms with Crippen LogP contribution < -0.4 is 10.3 Å². The number of Topliss-reactive ketones (excluding diaryl/α,β-unsaturated/α-hetero) is 1. The van der Waals surface area contributed by atoms with Crippen molar-refractivity contribution in [1.29, 1.82) is 0 Å². The molecule has 0 radical (unpaired) electrons. The number of aryl methyl sites for hydroxylation is 1. The summed E-state index contributed by atoms with van der Waals surface area (Å²) in [4.78, 5) is 24.7. The molecule has 0 aliphatic carbocycles. The zero-order valence-corrected chi connectivity index (χ0v) is 20.8. The van der Waals surface area contributed by atoms with Gasteiger partial charge in [0.25, 0.3) is 0 Å². The maximum absolute atomic E-state index is 12.9. The third kappa shape index (κ3) is 5.18. The monoisotopic (exact) mass is 490 g/mol. The molecule has 1 N–H and O–H groups in total. The summed E-state index contributed by atoms with van der Waals surface area (Å²) >= 11 is 0. The van der Waals surface area contributed by atoms with E-state index in [1.54, 1.807) is 24.3 Å². The normalized spacial score (nSPS) is 11.7. The summed E-state index contributed by atoms with van der Waals surface area (Å²) in [5.41, 5.74) is 4.85. The van der Waals surface area contributed by atoms with Gasteiger partial charge in [0.05, 0.1) is 5.69 Å². The van der Waals surface area contributed by atoms with Crippen molar-refractivity contribution in [3.8, 4) is 11.1 Å². The van der Waals surface area contributed by atoms with Gasteiger partial charge in [0.2, 0.25) is 0 Å². The van der Waals surface area contributed by atoms with E-state index in [0.29, 0.717) is 28.8 Å². The summed E-state index contributed by atoms with van der Waals surface area (Å²) < 4.78 is 33.6. The van der Waals surface area contributed by atoms with Gasteiger partial charge in [0, 0.05) is 37.0 Å². The first-order valence-corrected chi connectivity index (χ1v) is 12.5. The number of rotatable bonds is 7. The van der Waals surface area contributed by atoms with Gasteiger partial charge in [-0.3, -0.25) is 9.52 Å². The molecule has 0 fully saturated rings. The predicted molar refractivity (Wildman–Crippen MR) is 138 cm³/mol. The van der Waals surface area contributed by atoms with E-state index in [9.17, 15) is 18.0 Å². The Morgan fingerprint density at radius 3 is 2.40 bits per heavy atom. The van der Waals surface area contributed by atoms with Crippen LogP contribution >= 0.6 is 0 Å². The van der Waals surface area contributed by atoms with Crippen LogP contribution in [0.2, 0.25) is 0 Å². The molecule has 1 heterocycles. The van der Waals surface area contributed by atoms with Crippen molar-refractivity contribution >= 4 is 32.6 Å². The Labute approximate surface area is 204 Å². The quantitative estimate of drug-likeness (QED) is 0.297. The molecule has 0 amide bonds. The minimum atomic E-state index is -3.64. The second-order valence-electron chi connectivity index (χ2n) is 8.61. The van der Waals surface area contributed by atoms with Gasteiger partial charge in [0.1, 0.15) is 5.58 Å². The standard InChI is InChI=1S/C27H26N2O5S/c1-17-24-12-11-22(21-9-6-8-20(15-21)18(2)30)16-26(24)34-27(31)25(17)14-19-7-5-10-23(13-19)28-35(32,33)29(3)4/h5-13,15-16,28H,14H2,1-4H3. The summed E-state index contributed by atoms with van der Waals surface area (Å²) in [6.45, 7) is 3.40. The molecule has 0 spiro atoms. The van der Waals surface area contributed by atoms with Crippen LogP contribution in [0.15, 0.2) is 75.9 Å². The van der Waals surface area contributed by atoms with E-state index in [1.165, 1.54) is 21.0 Å². The Bertz CT molecular complexity index is 1600. The smallest absolute Gasteiger partial charge is 0.340 e. The molecule has 8 heteroatoms. The second-order valence-corrected chi connectivity index (χ2v) is 10.5. The molecule has 0 atom stereocenters. The van der Waals surface area contributed by atoms with E-state index in [4.69, 9.17) is 4.42 Å². The topological polar surface area (TPSA) is 96.7 Å². The number of carbonyl (C=O) groups excluding carboxylic acids is 1. The van der Waals surface area contributed by atoms with Crippen LogP contribution in [0.5, 0.6) is 0 Å². The summed E-state index contributed by atoms with van der Waals surface area (Å²) in [6, 6.07) is 19.9. The van der Waals surface area contributed by atoms with Crippen molar-refractivity contribution in [2.75, 3.05) is 18.8 Å². The van der Waals surface area contributed by atoms with Crippen LogP contribution in [0, 0.1) is 6.92 Å². The number of ketones is 1. The molecule has 7 nitrogen and oxygen atoms in total. The van der Waals surface area contributed by atoms with Crippen molar-refractivity contribution in [3.05, 3.63) is 99.4 Å². The SMILES string of the molecule is CC(=O)c1cccc(-c2ccc3c(C)c(Cc4cccc(NS(=O)(=O)N(C)C)c4)c(=O)oc3c2)c1. The fourth-order valence-electron chi connectivity index (χ4n) is 3.88. The Morgan fingerprint density at radius 1 is 0.971 bits per heavy atom. The molecule has 4 rings (SSSR count). The maximum Gasteiger partial charge on any atom is 0.340 e. The van der Waals surface area contributed by atoms with Crippen molar-refractivity contribution in [1.82, 2.24) is 4.31 Å². The fraction of sp³-hybridized carbons (Fsp3) is 0.185. The maximum atomic E-state index is 12.9. The Morgan fingerprint density at radius 2 is 1.69 bits per heavy atom. The van der Waals surface area contributed by atoms with E-state index in [2.05, 4.69) is 4.72 Å². The molecule has 0 saturated carbocycles. The van der Waals surface area contributed by atoms with Crippen LogP contribution in [-0.2, 0) is 16.6 Å². The van der Waals surface area contributed by atoms with Crippen molar-refractivity contribution < 1.29 is 17.6 Å². The van der Waals surface area contributed by atoms with Gasteiger partial charge in [-0.05, 0) is 60.4 Å². The lowest BCUT2D eigenvalue weighted by Gasteiger charge is -2.14. The first kappa shape index (κ1) is 24.4.